The van der Waals surface area contributed by atoms with Gasteiger partial charge in [-0.1, -0.05) is 204 Å². The Bertz CT molecular complexity index is 3460. The summed E-state index contributed by atoms with van der Waals surface area (Å²) in [5.74, 6) is -1.83. The number of aromatic nitrogens is 3. The second kappa shape index (κ2) is 33.0. The standard InChI is InChI=1S/C76H99N3O13Si2/c1-51(41-42-66(82)54(4)72(90-56(6)80)52(2)43-44-89-93(75(7,8)9,59-31-19-15-20-32-59)60-33-21-16-22-34-60)68(85-14)47-69-55(5)67(84-13)39-28-40-70-77-64(49-86-70)73-79-65(50-88-73)74-78-63(48-87-74)53(3)45-57(81)29-27-30-58(46-71(83)91-69)92-94(76(10,11)12,61-35-23-17-24-36-61)62-37-25-18-26-38-62/h15-26,28,31-38,40,48-55,58,67-69,72H,27,29-30,39,41-47H2,1-14H3/b40-28+/t51-,52+,53-,54-,55-,58+,67+,68+,69+,72+/m0/s1. The minimum atomic E-state index is -3.25. The van der Waals surface area contributed by atoms with Gasteiger partial charge in [-0.05, 0) is 80.8 Å². The highest BCUT2D eigenvalue weighted by Crippen LogP contribution is 2.41. The highest BCUT2D eigenvalue weighted by molar-refractivity contribution is 7.00. The Hall–Kier alpha value is -7.20. The summed E-state index contributed by atoms with van der Waals surface area (Å²) in [6, 6.07) is 41.6. The molecule has 504 valence electrons. The number of ketones is 2. The molecule has 4 aromatic carbocycles. The van der Waals surface area contributed by atoms with Gasteiger partial charge in [-0.2, -0.15) is 0 Å². The number of cyclic esters (lactones) is 1. The summed E-state index contributed by atoms with van der Waals surface area (Å²) in [4.78, 5) is 70.5. The highest BCUT2D eigenvalue weighted by Gasteiger charge is 2.53. The van der Waals surface area contributed by atoms with Crippen molar-refractivity contribution in [1.29, 1.82) is 0 Å². The second-order valence-corrected chi connectivity index (χ2v) is 36.3. The lowest BCUT2D eigenvalue weighted by atomic mass is 9.84. The van der Waals surface area contributed by atoms with E-state index in [1.165, 1.54) is 29.8 Å². The van der Waals surface area contributed by atoms with Crippen molar-refractivity contribution in [2.45, 2.75) is 194 Å². The summed E-state index contributed by atoms with van der Waals surface area (Å²) >= 11 is 0. The summed E-state index contributed by atoms with van der Waals surface area (Å²) in [7, 11) is -2.82. The number of carbonyl (C=O) groups is 4. The van der Waals surface area contributed by atoms with E-state index >= 15 is 4.79 Å². The van der Waals surface area contributed by atoms with Crippen LogP contribution in [0.1, 0.15) is 165 Å². The van der Waals surface area contributed by atoms with Crippen LogP contribution in [0.3, 0.4) is 0 Å². The van der Waals surface area contributed by atoms with Crippen LogP contribution in [0.5, 0.6) is 0 Å². The third-order valence-corrected chi connectivity index (χ3v) is 29.1. The zero-order chi connectivity index (χ0) is 67.8. The summed E-state index contributed by atoms with van der Waals surface area (Å²) in [6.45, 7) is 25.0. The molecule has 0 aliphatic carbocycles. The van der Waals surface area contributed by atoms with Gasteiger partial charge in [0.15, 0.2) is 11.4 Å². The van der Waals surface area contributed by atoms with Crippen LogP contribution in [0, 0.1) is 23.7 Å². The maximum atomic E-state index is 15.2. The Labute approximate surface area is 558 Å². The predicted octanol–water partition coefficient (Wildman–Crippen LogP) is 14.1. The molecule has 0 N–H and O–H groups in total. The van der Waals surface area contributed by atoms with Crippen LogP contribution in [0.15, 0.2) is 159 Å². The van der Waals surface area contributed by atoms with Crippen molar-refractivity contribution >= 4 is 67.0 Å². The molecule has 7 aromatic rings. The topological polar surface area (TPSA) is 202 Å². The number of methoxy groups -OCH3 is 2. The molecule has 0 saturated carbocycles. The van der Waals surface area contributed by atoms with Crippen LogP contribution in [-0.2, 0) is 47.0 Å². The SMILES string of the molecule is CO[C@@H]1C/C=C/c2nc(co2)-c2nc(co2)-c2nc(co2)[C@@H](C)CC(=O)CCC[C@@H](O[Si](c2ccccc2)(c2ccccc2)C(C)(C)C)CC(=O)O[C@H](C[C@@H](OC)[C@@H](C)CCC(=O)[C@H](C)[C@H](OC(C)=O)[C@H](C)CCO[Si](c2ccccc2)(c2ccccc2)C(C)(C)C)[C@H]1C. The van der Waals surface area contributed by atoms with Crippen LogP contribution in [0.2, 0.25) is 10.1 Å². The monoisotopic (exact) mass is 1320 g/mol. The number of esters is 2. The Kier molecular flexibility index (Phi) is 25.5. The molecule has 10 atom stereocenters. The molecule has 4 heterocycles. The molecule has 3 aromatic heterocycles. The van der Waals surface area contributed by atoms with Gasteiger partial charge < -0.3 is 41.1 Å². The molecule has 0 radical (unpaired) electrons. The lowest BCUT2D eigenvalue weighted by molar-refractivity contribution is -0.159. The molecular formula is C76H99N3O13Si2. The van der Waals surface area contributed by atoms with Gasteiger partial charge in [-0.25, -0.2) is 15.0 Å². The third-order valence-electron chi connectivity index (χ3n) is 19.0. The molecule has 18 heteroatoms. The number of rotatable bonds is 22. The van der Waals surface area contributed by atoms with Crippen molar-refractivity contribution in [2.24, 2.45) is 23.7 Å². The highest BCUT2D eigenvalue weighted by atomic mass is 28.4. The first-order valence-electron chi connectivity index (χ1n) is 33.4. The lowest BCUT2D eigenvalue weighted by Crippen LogP contribution is -2.67. The van der Waals surface area contributed by atoms with Gasteiger partial charge in [-0.3, -0.25) is 19.2 Å². The van der Waals surface area contributed by atoms with Gasteiger partial charge in [0.1, 0.15) is 42.6 Å². The molecule has 1 aliphatic heterocycles. The molecule has 6 bridgehead atoms. The van der Waals surface area contributed by atoms with E-state index in [4.69, 9.17) is 46.0 Å². The van der Waals surface area contributed by atoms with Crippen molar-refractivity contribution in [1.82, 2.24) is 15.0 Å². The van der Waals surface area contributed by atoms with E-state index in [2.05, 4.69) is 124 Å². The molecule has 0 fully saturated rings. The van der Waals surface area contributed by atoms with E-state index in [0.717, 1.165) is 10.4 Å². The Morgan fingerprint density at radius 3 is 1.77 bits per heavy atom. The van der Waals surface area contributed by atoms with Crippen molar-refractivity contribution in [3.05, 3.63) is 158 Å². The summed E-state index contributed by atoms with van der Waals surface area (Å²) in [6.07, 6.45) is 8.14. The molecule has 8 rings (SSSR count). The second-order valence-electron chi connectivity index (χ2n) is 27.8. The summed E-state index contributed by atoms with van der Waals surface area (Å²) < 4.78 is 57.9. The molecule has 0 spiro atoms. The summed E-state index contributed by atoms with van der Waals surface area (Å²) in [5.41, 5.74) is 1.34. The fourth-order valence-electron chi connectivity index (χ4n) is 13.6. The van der Waals surface area contributed by atoms with E-state index in [1.807, 2.05) is 89.2 Å². The Morgan fingerprint density at radius 2 is 1.21 bits per heavy atom. The fraction of sp³-hybridized carbons (Fsp3) is 0.487. The molecular weight excluding hydrogens is 1220 g/mol. The maximum Gasteiger partial charge on any atom is 0.308 e. The van der Waals surface area contributed by atoms with E-state index in [0.29, 0.717) is 61.7 Å². The molecule has 94 heavy (non-hydrogen) atoms. The number of ether oxygens (including phenoxy) is 4. The van der Waals surface area contributed by atoms with Gasteiger partial charge in [0.2, 0.25) is 17.7 Å². The number of oxazole rings is 3. The molecule has 0 saturated heterocycles. The normalized spacial score (nSPS) is 20.3. The van der Waals surface area contributed by atoms with E-state index in [9.17, 15) is 14.4 Å². The van der Waals surface area contributed by atoms with Crippen molar-refractivity contribution < 1.29 is 60.2 Å². The Balaban J connectivity index is 1.05. The van der Waals surface area contributed by atoms with Crippen molar-refractivity contribution in [3.63, 3.8) is 0 Å². The smallest absolute Gasteiger partial charge is 0.308 e. The van der Waals surface area contributed by atoms with Gasteiger partial charge in [0, 0.05) is 65.3 Å². The number of Topliss-reactive ketones (excluding diaryl/α,β-unsaturated/α-hetero) is 2. The first kappa shape index (κ1) is 72.6. The summed E-state index contributed by atoms with van der Waals surface area (Å²) in [5, 5.41) is 3.82. The maximum absolute atomic E-state index is 15.2. The zero-order valence-electron chi connectivity index (χ0n) is 57.6. The molecule has 1 aliphatic rings. The lowest BCUT2D eigenvalue weighted by Gasteiger charge is -2.45. The largest absolute Gasteiger partial charge is 0.462 e. The predicted molar refractivity (Wildman–Crippen MR) is 371 cm³/mol. The van der Waals surface area contributed by atoms with Crippen LogP contribution >= 0.6 is 0 Å². The van der Waals surface area contributed by atoms with Gasteiger partial charge in [-0.15, -0.1) is 0 Å². The van der Waals surface area contributed by atoms with Crippen molar-refractivity contribution in [2.75, 3.05) is 20.8 Å². The van der Waals surface area contributed by atoms with E-state index in [1.54, 1.807) is 26.6 Å². The molecule has 0 unspecified atom stereocenters. The number of hydrogen-bond acceptors (Lipinski definition) is 16. The van der Waals surface area contributed by atoms with E-state index < -0.39 is 76.0 Å². The van der Waals surface area contributed by atoms with Crippen molar-refractivity contribution in [3.8, 4) is 23.2 Å². The fourth-order valence-corrected chi connectivity index (χ4v) is 22.9. The van der Waals surface area contributed by atoms with Crippen LogP contribution in [-0.4, -0.2) is 106 Å². The number of carbonyl (C=O) groups excluding carboxylic acids is 4. The van der Waals surface area contributed by atoms with Gasteiger partial charge in [0.05, 0.1) is 36.3 Å². The zero-order valence-corrected chi connectivity index (χ0v) is 59.6. The Morgan fingerprint density at radius 1 is 0.670 bits per heavy atom. The van der Waals surface area contributed by atoms with Gasteiger partial charge >= 0.3 is 11.9 Å². The number of benzene rings is 4. The first-order valence-corrected chi connectivity index (χ1v) is 37.2. The van der Waals surface area contributed by atoms with E-state index in [-0.39, 0.29) is 78.2 Å². The third kappa shape index (κ3) is 17.8. The quantitative estimate of drug-likeness (QED) is 0.0457. The number of hydrogen-bond donors (Lipinski definition) is 0. The average molecular weight is 1320 g/mol. The minimum Gasteiger partial charge on any atom is -0.462 e. The first-order chi connectivity index (χ1) is 44.9. The minimum absolute atomic E-state index is 0.0333. The van der Waals surface area contributed by atoms with Gasteiger partial charge in [0.25, 0.3) is 16.6 Å². The molecule has 16 nitrogen and oxygen atoms in total. The van der Waals surface area contributed by atoms with Crippen LogP contribution < -0.4 is 20.7 Å². The number of fused-ring (bicyclic) bond motifs is 8. The number of nitrogens with zero attached hydrogens (tertiary/aromatic N) is 3. The van der Waals surface area contributed by atoms with Crippen LogP contribution in [0.25, 0.3) is 29.2 Å². The van der Waals surface area contributed by atoms with Crippen LogP contribution in [0.4, 0.5) is 0 Å². The molecule has 0 amide bonds. The average Bonchev–Trinajstić information content (AvgIpc) is 0.913.